The second kappa shape index (κ2) is 10.5. The van der Waals surface area contributed by atoms with E-state index in [1.165, 1.54) is 20.8 Å². The van der Waals surface area contributed by atoms with Crippen molar-refractivity contribution in [3.05, 3.63) is 0 Å². The van der Waals surface area contributed by atoms with E-state index >= 15 is 0 Å². The minimum atomic E-state index is -3.67. The van der Waals surface area contributed by atoms with Crippen LogP contribution in [-0.2, 0) is 26.6 Å². The Labute approximate surface area is 164 Å². The van der Waals surface area contributed by atoms with E-state index in [1.54, 1.807) is 20.8 Å². The number of hydrogen-bond acceptors (Lipinski definition) is 9. The Morgan fingerprint density at radius 1 is 0.600 bits per heavy atom. The van der Waals surface area contributed by atoms with Crippen molar-refractivity contribution in [3.63, 3.8) is 0 Å². The maximum Gasteiger partial charge on any atom is 0.391 e. The Balaban J connectivity index is 5.69. The topological polar surface area (TPSA) is 102 Å². The number of rotatable bonds is 12. The van der Waals surface area contributed by atoms with Crippen LogP contribution in [0, 0.1) is 0 Å². The van der Waals surface area contributed by atoms with Gasteiger partial charge in [0.1, 0.15) is 0 Å². The second-order valence-electron chi connectivity index (χ2n) is 5.71. The first kappa shape index (κ1) is 26.0. The smallest absolute Gasteiger partial charge is 0.218 e. The molecule has 0 aliphatic heterocycles. The third-order valence-electron chi connectivity index (χ3n) is 3.84. The zero-order valence-electron chi connectivity index (χ0n) is 15.3. The van der Waals surface area contributed by atoms with Gasteiger partial charge in [-0.25, -0.2) is 25.3 Å². The third-order valence-corrected chi connectivity index (χ3v) is 20.1. The average Bonchev–Trinajstić information content (AvgIpc) is 2.50. The van der Waals surface area contributed by atoms with Crippen molar-refractivity contribution in [2.24, 2.45) is 0 Å². The van der Waals surface area contributed by atoms with E-state index < -0.39 is 46.9 Å². The van der Waals surface area contributed by atoms with Crippen LogP contribution in [0.3, 0.4) is 0 Å². The summed E-state index contributed by atoms with van der Waals surface area (Å²) in [7, 11) is -9.73. The van der Waals surface area contributed by atoms with E-state index in [0.29, 0.717) is 51.2 Å². The summed E-state index contributed by atoms with van der Waals surface area (Å²) in [4.78, 5) is 0. The summed E-state index contributed by atoms with van der Waals surface area (Å²) in [5.74, 6) is 0. The molecule has 6 nitrogen and oxygen atoms in total. The summed E-state index contributed by atoms with van der Waals surface area (Å²) in [6, 6.07) is 0. The first-order valence-corrected chi connectivity index (χ1v) is 16.8. The summed E-state index contributed by atoms with van der Waals surface area (Å²) in [6.45, 7) is 9.72. The van der Waals surface area contributed by atoms with Crippen LogP contribution >= 0.6 is 31.9 Å². The molecule has 0 heterocycles. The van der Waals surface area contributed by atoms with Crippen molar-refractivity contribution >= 4 is 63.1 Å². The van der Waals surface area contributed by atoms with Crippen LogP contribution < -0.4 is 0 Å². The molecule has 0 radical (unpaired) electrons. The van der Waals surface area contributed by atoms with E-state index in [9.17, 15) is 25.3 Å². The molecule has 0 aromatic heterocycles. The molecule has 0 amide bonds. The van der Waals surface area contributed by atoms with Crippen LogP contribution in [0.4, 0.5) is 0 Å². The maximum atomic E-state index is 12.4. The fraction of sp³-hybridized carbons (Fsp3) is 1.00. The van der Waals surface area contributed by atoms with Crippen molar-refractivity contribution < 1.29 is 25.3 Å². The molecule has 0 aromatic rings. The monoisotopic (exact) mass is 470 g/mol. The van der Waals surface area contributed by atoms with Gasteiger partial charge in [-0.05, 0) is 40.0 Å². The van der Waals surface area contributed by atoms with E-state index in [0.717, 1.165) is 0 Å². The Morgan fingerprint density at radius 2 is 0.800 bits per heavy atom. The molecule has 0 saturated heterocycles. The minimum absolute atomic E-state index is 0.369. The van der Waals surface area contributed by atoms with Crippen LogP contribution in [0.2, 0.25) is 0 Å². The molecule has 0 rings (SSSR count). The first-order chi connectivity index (χ1) is 11.2. The van der Waals surface area contributed by atoms with Crippen LogP contribution in [-0.4, -0.2) is 45.6 Å². The minimum Gasteiger partial charge on any atom is -0.218 e. The van der Waals surface area contributed by atoms with Crippen molar-refractivity contribution in [3.8, 4) is 0 Å². The van der Waals surface area contributed by atoms with E-state index in [2.05, 4.69) is 0 Å². The van der Waals surface area contributed by atoms with Gasteiger partial charge in [-0.2, -0.15) is 0 Å². The van der Waals surface area contributed by atoms with Gasteiger partial charge in [0, 0.05) is 0 Å². The predicted molar refractivity (Wildman–Crippen MR) is 115 cm³/mol. The Bertz CT molecular complexity index is 617. The van der Waals surface area contributed by atoms with E-state index in [4.69, 9.17) is 0 Å². The lowest BCUT2D eigenvalue weighted by Crippen LogP contribution is -2.23. The van der Waals surface area contributed by atoms with Gasteiger partial charge in [-0.15, -0.1) is 0 Å². The fourth-order valence-corrected chi connectivity index (χ4v) is 18.4. The van der Waals surface area contributed by atoms with Crippen LogP contribution in [0.5, 0.6) is 0 Å². The standard InChI is InChI=1S/C12H27BO6S6/c1-7-10(4)23(14,15)20-13(21-24(16,17)11(5)8-2)22-25(18,19)12(6)9-3/h10-12H,7-9H2,1-6H3. The van der Waals surface area contributed by atoms with Crippen LogP contribution in [0.15, 0.2) is 0 Å². The van der Waals surface area contributed by atoms with Crippen molar-refractivity contribution in [2.75, 3.05) is 0 Å². The second-order valence-corrected chi connectivity index (χ2v) is 19.9. The molecule has 0 bridgehead atoms. The van der Waals surface area contributed by atoms with Gasteiger partial charge in [-0.1, -0.05) is 52.7 Å². The first-order valence-electron chi connectivity index (χ1n) is 7.99. The molecule has 13 heteroatoms. The van der Waals surface area contributed by atoms with Crippen LogP contribution in [0.25, 0.3) is 0 Å². The molecular weight excluding hydrogens is 443 g/mol. The largest absolute Gasteiger partial charge is 0.391 e. The SMILES string of the molecule is CCC(C)S(=O)(=O)SB(SS(=O)(=O)C(C)CC)SS(=O)(=O)C(C)CC. The van der Waals surface area contributed by atoms with Gasteiger partial charge in [0.2, 0.25) is 0 Å². The van der Waals surface area contributed by atoms with Gasteiger partial charge in [-0.3, -0.25) is 0 Å². The van der Waals surface area contributed by atoms with Crippen molar-refractivity contribution in [1.29, 1.82) is 0 Å². The van der Waals surface area contributed by atoms with Gasteiger partial charge in [0.05, 0.1) is 15.7 Å². The molecule has 3 unspecified atom stereocenters. The highest BCUT2D eigenvalue weighted by atomic mass is 33.2. The molecule has 150 valence electrons. The molecule has 0 fully saturated rings. The lowest BCUT2D eigenvalue weighted by atomic mass is 10.4. The predicted octanol–water partition coefficient (Wildman–Crippen LogP) is 3.56. The lowest BCUT2D eigenvalue weighted by Gasteiger charge is -2.18. The molecule has 0 N–H and O–H groups in total. The maximum absolute atomic E-state index is 12.4. The highest BCUT2D eigenvalue weighted by molar-refractivity contribution is 9.15. The van der Waals surface area contributed by atoms with Crippen molar-refractivity contribution in [2.45, 2.75) is 76.6 Å². The highest BCUT2D eigenvalue weighted by Gasteiger charge is 2.39. The fourth-order valence-electron chi connectivity index (χ4n) is 1.27. The summed E-state index contributed by atoms with van der Waals surface area (Å²) >= 11 is 0. The summed E-state index contributed by atoms with van der Waals surface area (Å²) in [5.41, 5.74) is 0. The zero-order valence-corrected chi connectivity index (χ0v) is 20.2. The molecule has 0 aliphatic rings. The molecule has 0 aliphatic carbocycles. The molecular formula is C12H27BO6S6. The Kier molecular flexibility index (Phi) is 10.9. The molecule has 0 aromatic carbocycles. The van der Waals surface area contributed by atoms with Crippen LogP contribution in [0.1, 0.15) is 60.8 Å². The van der Waals surface area contributed by atoms with Crippen molar-refractivity contribution in [1.82, 2.24) is 0 Å². The molecule has 3 atom stereocenters. The normalized spacial score (nSPS) is 17.0. The zero-order chi connectivity index (χ0) is 20.1. The highest BCUT2D eigenvalue weighted by Crippen LogP contribution is 2.43. The van der Waals surface area contributed by atoms with E-state index in [-0.39, 0.29) is 0 Å². The van der Waals surface area contributed by atoms with E-state index in [1.807, 2.05) is 0 Å². The molecule has 25 heavy (non-hydrogen) atoms. The molecule has 0 spiro atoms. The number of hydrogen-bond donors (Lipinski definition) is 0. The Hall–Kier alpha value is 0.965. The van der Waals surface area contributed by atoms with Gasteiger partial charge < -0.3 is 0 Å². The summed E-state index contributed by atoms with van der Waals surface area (Å²) in [5, 5.41) is -2.04. The third kappa shape index (κ3) is 8.24. The van der Waals surface area contributed by atoms with Gasteiger partial charge in [0.25, 0.3) is 0 Å². The quantitative estimate of drug-likeness (QED) is 0.313. The average molecular weight is 471 g/mol. The molecule has 0 saturated carbocycles. The lowest BCUT2D eigenvalue weighted by molar-refractivity contribution is 0.595. The Morgan fingerprint density at radius 3 is 0.960 bits per heavy atom. The van der Waals surface area contributed by atoms with Gasteiger partial charge in [0.15, 0.2) is 26.6 Å². The van der Waals surface area contributed by atoms with Gasteiger partial charge >= 0.3 is 4.55 Å². The summed E-state index contributed by atoms with van der Waals surface area (Å²) in [6.07, 6.45) is 1.11. The summed E-state index contributed by atoms with van der Waals surface area (Å²) < 4.78 is 73.0.